The number of piperidine rings is 1. The maximum atomic E-state index is 6.36. The first-order valence-corrected chi connectivity index (χ1v) is 7.84. The Labute approximate surface area is 128 Å². The first-order valence-electron chi connectivity index (χ1n) is 7.84. The van der Waals surface area contributed by atoms with Gasteiger partial charge in [-0.15, -0.1) is 0 Å². The van der Waals surface area contributed by atoms with Gasteiger partial charge in [0.1, 0.15) is 11.5 Å². The van der Waals surface area contributed by atoms with E-state index in [-0.39, 0.29) is 6.04 Å². The third-order valence-electron chi connectivity index (χ3n) is 4.47. The molecule has 1 atom stereocenters. The van der Waals surface area contributed by atoms with Gasteiger partial charge < -0.3 is 20.1 Å². The first kappa shape index (κ1) is 16.1. The molecule has 0 aliphatic carbocycles. The number of hydrogen-bond donors (Lipinski definition) is 1. The maximum absolute atomic E-state index is 6.36. The lowest BCUT2D eigenvalue weighted by atomic mass is 9.98. The highest BCUT2D eigenvalue weighted by Gasteiger charge is 2.18. The molecule has 0 spiro atoms. The van der Waals surface area contributed by atoms with Crippen LogP contribution in [0.2, 0.25) is 0 Å². The lowest BCUT2D eigenvalue weighted by molar-refractivity contribution is 0.187. The summed E-state index contributed by atoms with van der Waals surface area (Å²) in [6.45, 7) is 5.80. The molecule has 2 rings (SSSR count). The fourth-order valence-electron chi connectivity index (χ4n) is 2.89. The average Bonchev–Trinajstić information content (AvgIpc) is 2.53. The Morgan fingerprint density at radius 3 is 2.57 bits per heavy atom. The highest BCUT2D eigenvalue weighted by atomic mass is 16.5. The van der Waals surface area contributed by atoms with Gasteiger partial charge in [0.2, 0.25) is 0 Å². The number of rotatable bonds is 6. The quantitative estimate of drug-likeness (QED) is 0.876. The zero-order valence-corrected chi connectivity index (χ0v) is 13.5. The van der Waals surface area contributed by atoms with Crippen LogP contribution in [0.1, 0.15) is 37.8 Å². The van der Waals surface area contributed by atoms with Crippen molar-refractivity contribution in [1.29, 1.82) is 0 Å². The summed E-state index contributed by atoms with van der Waals surface area (Å²) in [7, 11) is 3.34. The van der Waals surface area contributed by atoms with Crippen molar-refractivity contribution in [3.63, 3.8) is 0 Å². The summed E-state index contributed by atoms with van der Waals surface area (Å²) >= 11 is 0. The summed E-state index contributed by atoms with van der Waals surface area (Å²) in [5, 5.41) is 0. The Bertz CT molecular complexity index is 442. The summed E-state index contributed by atoms with van der Waals surface area (Å²) in [4.78, 5) is 2.52. The van der Waals surface area contributed by atoms with Crippen molar-refractivity contribution in [2.45, 2.75) is 32.2 Å². The van der Waals surface area contributed by atoms with Crippen LogP contribution in [0.15, 0.2) is 18.2 Å². The summed E-state index contributed by atoms with van der Waals surface area (Å²) < 4.78 is 10.7. The summed E-state index contributed by atoms with van der Waals surface area (Å²) in [6, 6.07) is 5.86. The van der Waals surface area contributed by atoms with Crippen LogP contribution in [0.3, 0.4) is 0 Å². The zero-order valence-electron chi connectivity index (χ0n) is 13.5. The molecule has 1 unspecified atom stereocenters. The summed E-state index contributed by atoms with van der Waals surface area (Å²) in [5.41, 5.74) is 7.42. The molecule has 21 heavy (non-hydrogen) atoms. The highest BCUT2D eigenvalue weighted by molar-refractivity contribution is 5.42. The molecular weight excluding hydrogens is 264 g/mol. The normalized spacial score (nSPS) is 18.5. The molecule has 0 amide bonds. The van der Waals surface area contributed by atoms with Crippen LogP contribution in [-0.2, 0) is 0 Å². The van der Waals surface area contributed by atoms with E-state index in [2.05, 4.69) is 11.8 Å². The third-order valence-corrected chi connectivity index (χ3v) is 4.47. The predicted molar refractivity (Wildman–Crippen MR) is 85.9 cm³/mol. The maximum Gasteiger partial charge on any atom is 0.127 e. The Kier molecular flexibility index (Phi) is 5.88. The van der Waals surface area contributed by atoms with Gasteiger partial charge in [0, 0.05) is 17.7 Å². The second-order valence-corrected chi connectivity index (χ2v) is 6.03. The topological polar surface area (TPSA) is 47.7 Å². The minimum atomic E-state index is 0.00482. The minimum absolute atomic E-state index is 0.00482. The largest absolute Gasteiger partial charge is 0.497 e. The second kappa shape index (κ2) is 7.66. The molecule has 0 radical (unpaired) electrons. The van der Waals surface area contributed by atoms with Gasteiger partial charge in [0.15, 0.2) is 0 Å². The van der Waals surface area contributed by atoms with E-state index in [0.29, 0.717) is 0 Å². The van der Waals surface area contributed by atoms with Crippen LogP contribution in [0.25, 0.3) is 0 Å². The van der Waals surface area contributed by atoms with Crippen molar-refractivity contribution in [3.05, 3.63) is 23.8 Å². The van der Waals surface area contributed by atoms with Gasteiger partial charge in [-0.2, -0.15) is 0 Å². The number of methoxy groups -OCH3 is 2. The van der Waals surface area contributed by atoms with Crippen LogP contribution in [0.4, 0.5) is 0 Å². The van der Waals surface area contributed by atoms with Crippen molar-refractivity contribution in [1.82, 2.24) is 4.90 Å². The van der Waals surface area contributed by atoms with E-state index in [1.54, 1.807) is 14.2 Å². The van der Waals surface area contributed by atoms with Crippen LogP contribution >= 0.6 is 0 Å². The standard InChI is InChI=1S/C17H28N2O2/c1-13-6-9-19(10-7-13)11-8-16(18)15-5-4-14(20-2)12-17(15)21-3/h4-5,12-13,16H,6-11,18H2,1-3H3. The van der Waals surface area contributed by atoms with Gasteiger partial charge in [0.05, 0.1) is 14.2 Å². The summed E-state index contributed by atoms with van der Waals surface area (Å²) in [6.07, 6.45) is 3.57. The second-order valence-electron chi connectivity index (χ2n) is 6.03. The number of hydrogen-bond acceptors (Lipinski definition) is 4. The Balaban J connectivity index is 1.92. The lowest BCUT2D eigenvalue weighted by Gasteiger charge is -2.31. The molecule has 1 fully saturated rings. The molecule has 4 heteroatoms. The molecule has 1 heterocycles. The van der Waals surface area contributed by atoms with Gasteiger partial charge in [-0.25, -0.2) is 0 Å². The molecule has 1 aliphatic rings. The number of benzene rings is 1. The van der Waals surface area contributed by atoms with Crippen LogP contribution in [0.5, 0.6) is 11.5 Å². The van der Waals surface area contributed by atoms with E-state index in [0.717, 1.165) is 35.9 Å². The van der Waals surface area contributed by atoms with E-state index in [9.17, 15) is 0 Å². The van der Waals surface area contributed by atoms with E-state index >= 15 is 0 Å². The zero-order chi connectivity index (χ0) is 15.2. The Morgan fingerprint density at radius 2 is 1.95 bits per heavy atom. The highest BCUT2D eigenvalue weighted by Crippen LogP contribution is 2.30. The lowest BCUT2D eigenvalue weighted by Crippen LogP contribution is -2.34. The molecule has 1 aliphatic heterocycles. The molecule has 4 nitrogen and oxygen atoms in total. The Hall–Kier alpha value is -1.26. The third kappa shape index (κ3) is 4.35. The molecule has 2 N–H and O–H groups in total. The van der Waals surface area contributed by atoms with Crippen molar-refractivity contribution < 1.29 is 9.47 Å². The van der Waals surface area contributed by atoms with Gasteiger partial charge in [-0.3, -0.25) is 0 Å². The van der Waals surface area contributed by atoms with Crippen LogP contribution in [0, 0.1) is 5.92 Å². The monoisotopic (exact) mass is 292 g/mol. The van der Waals surface area contributed by atoms with Gasteiger partial charge in [-0.05, 0) is 50.9 Å². The minimum Gasteiger partial charge on any atom is -0.497 e. The van der Waals surface area contributed by atoms with Crippen LogP contribution < -0.4 is 15.2 Å². The molecule has 1 aromatic rings. The fraction of sp³-hybridized carbons (Fsp3) is 0.647. The predicted octanol–water partition coefficient (Wildman–Crippen LogP) is 2.83. The van der Waals surface area contributed by atoms with Gasteiger partial charge >= 0.3 is 0 Å². The van der Waals surface area contributed by atoms with Crippen LogP contribution in [-0.4, -0.2) is 38.8 Å². The van der Waals surface area contributed by atoms with E-state index in [4.69, 9.17) is 15.2 Å². The van der Waals surface area contributed by atoms with E-state index in [1.165, 1.54) is 25.9 Å². The molecule has 0 aromatic heterocycles. The molecular formula is C17H28N2O2. The van der Waals surface area contributed by atoms with Crippen molar-refractivity contribution in [2.75, 3.05) is 33.9 Å². The number of nitrogens with two attached hydrogens (primary N) is 1. The molecule has 1 aromatic carbocycles. The van der Waals surface area contributed by atoms with E-state index in [1.807, 2.05) is 18.2 Å². The average molecular weight is 292 g/mol. The Morgan fingerprint density at radius 1 is 1.24 bits per heavy atom. The smallest absolute Gasteiger partial charge is 0.127 e. The first-order chi connectivity index (χ1) is 10.1. The van der Waals surface area contributed by atoms with E-state index < -0.39 is 0 Å². The number of ether oxygens (including phenoxy) is 2. The van der Waals surface area contributed by atoms with Crippen molar-refractivity contribution in [3.8, 4) is 11.5 Å². The SMILES string of the molecule is COc1ccc(C(N)CCN2CCC(C)CC2)c(OC)c1. The van der Waals surface area contributed by atoms with Gasteiger partial charge in [0.25, 0.3) is 0 Å². The molecule has 1 saturated heterocycles. The molecule has 0 bridgehead atoms. The summed E-state index contributed by atoms with van der Waals surface area (Å²) in [5.74, 6) is 2.48. The molecule has 118 valence electrons. The number of nitrogens with zero attached hydrogens (tertiary/aromatic N) is 1. The van der Waals surface area contributed by atoms with Crippen molar-refractivity contribution in [2.24, 2.45) is 11.7 Å². The fourth-order valence-corrected chi connectivity index (χ4v) is 2.89. The van der Waals surface area contributed by atoms with Gasteiger partial charge in [-0.1, -0.05) is 13.0 Å². The number of likely N-dealkylation sites (tertiary alicyclic amines) is 1. The molecule has 0 saturated carbocycles. The van der Waals surface area contributed by atoms with Crippen molar-refractivity contribution >= 4 is 0 Å².